The summed E-state index contributed by atoms with van der Waals surface area (Å²) in [5, 5.41) is 8.97. The first-order valence-electron chi connectivity index (χ1n) is 9.24. The maximum absolute atomic E-state index is 12.2. The van der Waals surface area contributed by atoms with Crippen LogP contribution in [0.2, 0.25) is 5.02 Å². The van der Waals surface area contributed by atoms with Crippen molar-refractivity contribution in [3.63, 3.8) is 0 Å². The average molecular weight is 402 g/mol. The minimum atomic E-state index is -0.380. The average Bonchev–Trinajstić information content (AvgIpc) is 2.61. The third kappa shape index (κ3) is 5.99. The molecular weight excluding hydrogens is 374 g/mol. The Bertz CT molecular complexity index is 838. The number of rotatable bonds is 6. The Kier molecular flexibility index (Phi) is 7.08. The van der Waals surface area contributed by atoms with Crippen molar-refractivity contribution in [1.29, 1.82) is 0 Å². The standard InChI is InChI=1S/C22H28ClN3O2/c1-14-10-15(2)20(16(3)11-14)26-19(27)12-24-21(28)25-13-22(4,5)17-6-8-18(23)9-7-17/h6-11H,12-13H2,1-5H3,(H,26,27)(H2,24,25,28). The predicted molar refractivity (Wildman–Crippen MR) is 115 cm³/mol. The van der Waals surface area contributed by atoms with Crippen LogP contribution in [0.1, 0.15) is 36.1 Å². The van der Waals surface area contributed by atoms with Crippen LogP contribution in [-0.2, 0) is 10.2 Å². The highest BCUT2D eigenvalue weighted by atomic mass is 35.5. The third-order valence-corrected chi connectivity index (χ3v) is 4.92. The van der Waals surface area contributed by atoms with Crippen molar-refractivity contribution in [2.45, 2.75) is 40.0 Å². The Morgan fingerprint density at radius 3 is 2.11 bits per heavy atom. The highest BCUT2D eigenvalue weighted by molar-refractivity contribution is 6.30. The number of hydrogen-bond donors (Lipinski definition) is 3. The van der Waals surface area contributed by atoms with Crippen molar-refractivity contribution in [2.75, 3.05) is 18.4 Å². The molecule has 0 fully saturated rings. The van der Waals surface area contributed by atoms with Gasteiger partial charge in [-0.15, -0.1) is 0 Å². The molecule has 0 bridgehead atoms. The molecule has 0 unspecified atom stereocenters. The van der Waals surface area contributed by atoms with E-state index in [0.717, 1.165) is 27.9 Å². The van der Waals surface area contributed by atoms with Gasteiger partial charge in [0.1, 0.15) is 0 Å². The number of halogens is 1. The molecule has 0 aliphatic heterocycles. The first-order chi connectivity index (χ1) is 13.1. The quantitative estimate of drug-likeness (QED) is 0.667. The lowest BCUT2D eigenvalue weighted by Gasteiger charge is -2.25. The molecule has 2 aromatic rings. The summed E-state index contributed by atoms with van der Waals surface area (Å²) in [6.45, 7) is 10.3. The number of aryl methyl sites for hydroxylation is 3. The molecule has 0 aliphatic rings. The van der Waals surface area contributed by atoms with Crippen molar-refractivity contribution in [3.05, 3.63) is 63.7 Å². The summed E-state index contributed by atoms with van der Waals surface area (Å²) in [6, 6.07) is 11.2. The van der Waals surface area contributed by atoms with Crippen LogP contribution in [0.5, 0.6) is 0 Å². The van der Waals surface area contributed by atoms with Crippen LogP contribution in [0.3, 0.4) is 0 Å². The maximum atomic E-state index is 12.2. The van der Waals surface area contributed by atoms with E-state index in [0.29, 0.717) is 11.6 Å². The number of hydrogen-bond acceptors (Lipinski definition) is 2. The zero-order chi connectivity index (χ0) is 20.9. The van der Waals surface area contributed by atoms with Gasteiger partial charge in [-0.05, 0) is 49.6 Å². The van der Waals surface area contributed by atoms with Gasteiger partial charge in [0.25, 0.3) is 0 Å². The number of anilines is 1. The molecule has 0 heterocycles. The summed E-state index contributed by atoms with van der Waals surface area (Å²) in [5.74, 6) is -0.262. The van der Waals surface area contributed by atoms with E-state index in [1.54, 1.807) is 0 Å². The monoisotopic (exact) mass is 401 g/mol. The number of carbonyl (C=O) groups is 2. The second-order valence-electron chi connectivity index (χ2n) is 7.75. The number of urea groups is 1. The van der Waals surface area contributed by atoms with Gasteiger partial charge in [0.2, 0.25) is 5.91 Å². The van der Waals surface area contributed by atoms with Gasteiger partial charge < -0.3 is 16.0 Å². The van der Waals surface area contributed by atoms with Gasteiger partial charge in [-0.3, -0.25) is 4.79 Å². The molecule has 0 aromatic heterocycles. The van der Waals surface area contributed by atoms with Gasteiger partial charge in [-0.25, -0.2) is 4.79 Å². The Labute approximate surface area is 171 Å². The second-order valence-corrected chi connectivity index (χ2v) is 8.19. The largest absolute Gasteiger partial charge is 0.337 e. The summed E-state index contributed by atoms with van der Waals surface area (Å²) in [5.41, 5.74) is 4.75. The molecule has 0 atom stereocenters. The van der Waals surface area contributed by atoms with Crippen LogP contribution < -0.4 is 16.0 Å². The smallest absolute Gasteiger partial charge is 0.315 e. The molecule has 2 rings (SSSR count). The molecule has 28 heavy (non-hydrogen) atoms. The van der Waals surface area contributed by atoms with E-state index in [4.69, 9.17) is 11.6 Å². The van der Waals surface area contributed by atoms with Crippen molar-refractivity contribution in [2.24, 2.45) is 0 Å². The van der Waals surface area contributed by atoms with E-state index in [2.05, 4.69) is 16.0 Å². The fraction of sp³-hybridized carbons (Fsp3) is 0.364. The Morgan fingerprint density at radius 1 is 0.964 bits per heavy atom. The van der Waals surface area contributed by atoms with Crippen molar-refractivity contribution in [1.82, 2.24) is 10.6 Å². The highest BCUT2D eigenvalue weighted by Crippen LogP contribution is 2.24. The van der Waals surface area contributed by atoms with Crippen molar-refractivity contribution >= 4 is 29.2 Å². The zero-order valence-electron chi connectivity index (χ0n) is 17.1. The Balaban J connectivity index is 1.83. The zero-order valence-corrected chi connectivity index (χ0v) is 17.8. The lowest BCUT2D eigenvalue weighted by Crippen LogP contribution is -2.44. The van der Waals surface area contributed by atoms with Gasteiger partial charge in [-0.1, -0.05) is 55.3 Å². The summed E-state index contributed by atoms with van der Waals surface area (Å²) in [7, 11) is 0. The SMILES string of the molecule is Cc1cc(C)c(NC(=O)CNC(=O)NCC(C)(C)c2ccc(Cl)cc2)c(C)c1. The molecule has 0 spiro atoms. The normalized spacial score (nSPS) is 11.1. The van der Waals surface area contributed by atoms with Gasteiger partial charge >= 0.3 is 6.03 Å². The molecule has 150 valence electrons. The predicted octanol–water partition coefficient (Wildman–Crippen LogP) is 4.48. The number of nitrogens with one attached hydrogen (secondary N) is 3. The number of benzene rings is 2. The van der Waals surface area contributed by atoms with Crippen LogP contribution in [-0.4, -0.2) is 25.0 Å². The molecule has 0 aliphatic carbocycles. The van der Waals surface area contributed by atoms with Gasteiger partial charge in [0, 0.05) is 22.7 Å². The molecule has 5 nitrogen and oxygen atoms in total. The number of carbonyl (C=O) groups excluding carboxylic acids is 2. The van der Waals surface area contributed by atoms with Gasteiger partial charge in [0.15, 0.2) is 0 Å². The first-order valence-corrected chi connectivity index (χ1v) is 9.62. The molecule has 6 heteroatoms. The van der Waals surface area contributed by atoms with Crippen LogP contribution in [0.4, 0.5) is 10.5 Å². The molecule has 3 amide bonds. The van der Waals surface area contributed by atoms with Crippen molar-refractivity contribution in [3.8, 4) is 0 Å². The van der Waals surface area contributed by atoms with Crippen LogP contribution in [0.15, 0.2) is 36.4 Å². The van der Waals surface area contributed by atoms with Crippen LogP contribution in [0.25, 0.3) is 0 Å². The van der Waals surface area contributed by atoms with Crippen LogP contribution >= 0.6 is 11.6 Å². The third-order valence-electron chi connectivity index (χ3n) is 4.67. The molecule has 0 saturated carbocycles. The molecule has 0 saturated heterocycles. The minimum absolute atomic E-state index is 0.0973. The summed E-state index contributed by atoms with van der Waals surface area (Å²) < 4.78 is 0. The molecule has 0 radical (unpaired) electrons. The lowest BCUT2D eigenvalue weighted by atomic mass is 9.85. The second kappa shape index (κ2) is 9.11. The number of amides is 3. The first kappa shape index (κ1) is 21.8. The van der Waals surface area contributed by atoms with E-state index in [9.17, 15) is 9.59 Å². The fourth-order valence-electron chi connectivity index (χ4n) is 3.09. The highest BCUT2D eigenvalue weighted by Gasteiger charge is 2.21. The fourth-order valence-corrected chi connectivity index (χ4v) is 3.21. The van der Waals surface area contributed by atoms with Gasteiger partial charge in [0.05, 0.1) is 6.54 Å². The van der Waals surface area contributed by atoms with Crippen molar-refractivity contribution < 1.29 is 9.59 Å². The van der Waals surface area contributed by atoms with E-state index in [-0.39, 0.29) is 23.9 Å². The molecular formula is C22H28ClN3O2. The Hall–Kier alpha value is -2.53. The van der Waals surface area contributed by atoms with E-state index in [1.807, 2.05) is 71.0 Å². The van der Waals surface area contributed by atoms with Gasteiger partial charge in [-0.2, -0.15) is 0 Å². The Morgan fingerprint density at radius 2 is 1.54 bits per heavy atom. The van der Waals surface area contributed by atoms with E-state index < -0.39 is 0 Å². The molecule has 3 N–H and O–H groups in total. The minimum Gasteiger partial charge on any atom is -0.337 e. The maximum Gasteiger partial charge on any atom is 0.315 e. The topological polar surface area (TPSA) is 70.2 Å². The summed E-state index contributed by atoms with van der Waals surface area (Å²) >= 11 is 5.93. The summed E-state index contributed by atoms with van der Waals surface area (Å²) in [4.78, 5) is 24.3. The molecule has 2 aromatic carbocycles. The van der Waals surface area contributed by atoms with E-state index in [1.165, 1.54) is 0 Å². The van der Waals surface area contributed by atoms with E-state index >= 15 is 0 Å². The van der Waals surface area contributed by atoms with Crippen LogP contribution in [0, 0.1) is 20.8 Å². The lowest BCUT2D eigenvalue weighted by molar-refractivity contribution is -0.115. The summed E-state index contributed by atoms with van der Waals surface area (Å²) in [6.07, 6.45) is 0.